The van der Waals surface area contributed by atoms with Crippen molar-refractivity contribution in [3.05, 3.63) is 28.4 Å². The Kier molecular flexibility index (Phi) is 3.38. The molecular formula is C12H10BrNO4. The van der Waals surface area contributed by atoms with Crippen LogP contribution < -0.4 is 9.47 Å². The zero-order valence-electron chi connectivity index (χ0n) is 9.73. The lowest BCUT2D eigenvalue weighted by molar-refractivity contribution is 0.0695. The molecule has 0 aliphatic heterocycles. The van der Waals surface area contributed by atoms with Gasteiger partial charge in [0, 0.05) is 10.7 Å². The molecule has 18 heavy (non-hydrogen) atoms. The number of benzene rings is 1. The first-order chi connectivity index (χ1) is 8.60. The van der Waals surface area contributed by atoms with Crippen LogP contribution in [0.3, 0.4) is 0 Å². The van der Waals surface area contributed by atoms with Gasteiger partial charge in [0.1, 0.15) is 17.0 Å². The van der Waals surface area contributed by atoms with Crippen molar-refractivity contribution in [2.45, 2.75) is 0 Å². The minimum Gasteiger partial charge on any atom is -0.496 e. The number of ether oxygens (including phenoxy) is 2. The molecule has 0 fully saturated rings. The Morgan fingerprint density at radius 3 is 2.44 bits per heavy atom. The Labute approximate surface area is 111 Å². The predicted octanol–water partition coefficient (Wildman–Crippen LogP) is 2.71. The van der Waals surface area contributed by atoms with Gasteiger partial charge in [0.05, 0.1) is 25.2 Å². The lowest BCUT2D eigenvalue weighted by atomic mass is 10.1. The van der Waals surface area contributed by atoms with Gasteiger partial charge in [-0.3, -0.25) is 4.98 Å². The quantitative estimate of drug-likeness (QED) is 0.944. The number of pyridine rings is 1. The molecule has 0 spiro atoms. The molecule has 1 aromatic carbocycles. The molecule has 2 aromatic rings. The van der Waals surface area contributed by atoms with E-state index in [9.17, 15) is 4.79 Å². The molecule has 1 N–H and O–H groups in total. The average Bonchev–Trinajstić information content (AvgIpc) is 2.37. The van der Waals surface area contributed by atoms with Crippen LogP contribution in [0.25, 0.3) is 10.9 Å². The summed E-state index contributed by atoms with van der Waals surface area (Å²) in [6.07, 6.45) is 1.29. The normalized spacial score (nSPS) is 10.4. The highest BCUT2D eigenvalue weighted by molar-refractivity contribution is 9.10. The Morgan fingerprint density at radius 1 is 1.28 bits per heavy atom. The minimum atomic E-state index is -1.05. The van der Waals surface area contributed by atoms with Crippen molar-refractivity contribution < 1.29 is 19.4 Å². The molecule has 0 bridgehead atoms. The number of hydrogen-bond donors (Lipinski definition) is 1. The zero-order chi connectivity index (χ0) is 13.3. The molecule has 1 heterocycles. The van der Waals surface area contributed by atoms with Gasteiger partial charge in [-0.05, 0) is 28.1 Å². The lowest BCUT2D eigenvalue weighted by Gasteiger charge is -2.11. The van der Waals surface area contributed by atoms with Gasteiger partial charge in [0.15, 0.2) is 0 Å². The first-order valence-corrected chi connectivity index (χ1v) is 5.82. The molecule has 0 amide bonds. The molecule has 6 heteroatoms. The number of fused-ring (bicyclic) bond motifs is 1. The summed E-state index contributed by atoms with van der Waals surface area (Å²) in [5, 5.41) is 9.65. The maximum absolute atomic E-state index is 11.1. The van der Waals surface area contributed by atoms with Crippen molar-refractivity contribution in [3.8, 4) is 11.5 Å². The number of methoxy groups -OCH3 is 2. The summed E-state index contributed by atoms with van der Waals surface area (Å²) in [4.78, 5) is 15.2. The summed E-state index contributed by atoms with van der Waals surface area (Å²) >= 11 is 3.28. The summed E-state index contributed by atoms with van der Waals surface area (Å²) in [7, 11) is 3.04. The Balaban J connectivity index is 2.89. The van der Waals surface area contributed by atoms with Gasteiger partial charge in [-0.1, -0.05) is 0 Å². The monoisotopic (exact) mass is 311 g/mol. The van der Waals surface area contributed by atoms with Crippen molar-refractivity contribution in [2.75, 3.05) is 14.2 Å². The van der Waals surface area contributed by atoms with E-state index >= 15 is 0 Å². The molecule has 0 aliphatic rings. The third kappa shape index (κ3) is 1.88. The van der Waals surface area contributed by atoms with E-state index in [0.717, 1.165) is 0 Å². The summed E-state index contributed by atoms with van der Waals surface area (Å²) in [5.41, 5.74) is 0.628. The lowest BCUT2D eigenvalue weighted by Crippen LogP contribution is -2.01. The summed E-state index contributed by atoms with van der Waals surface area (Å²) in [6, 6.07) is 3.43. The zero-order valence-corrected chi connectivity index (χ0v) is 11.3. The van der Waals surface area contributed by atoms with Crippen LogP contribution in [-0.2, 0) is 0 Å². The fourth-order valence-electron chi connectivity index (χ4n) is 1.70. The number of hydrogen-bond acceptors (Lipinski definition) is 4. The second kappa shape index (κ2) is 4.81. The number of aromatic nitrogens is 1. The van der Waals surface area contributed by atoms with Crippen molar-refractivity contribution in [3.63, 3.8) is 0 Å². The Bertz CT molecular complexity index is 627. The predicted molar refractivity (Wildman–Crippen MR) is 69.5 cm³/mol. The van der Waals surface area contributed by atoms with Gasteiger partial charge >= 0.3 is 5.97 Å². The standard InChI is InChI=1S/C12H10BrNO4/c1-17-7-3-4-8(18-2)11-9(7)10(13)6(5-14-11)12(15)16/h3-5H,1-2H3,(H,15,16). The summed E-state index contributed by atoms with van der Waals surface area (Å²) < 4.78 is 10.8. The van der Waals surface area contributed by atoms with Crippen LogP contribution in [0.15, 0.2) is 22.8 Å². The number of carboxylic acid groups (broad SMARTS) is 1. The average molecular weight is 312 g/mol. The van der Waals surface area contributed by atoms with Crippen molar-refractivity contribution in [2.24, 2.45) is 0 Å². The number of carboxylic acids is 1. The van der Waals surface area contributed by atoms with E-state index in [1.807, 2.05) is 0 Å². The number of nitrogens with zero attached hydrogens (tertiary/aromatic N) is 1. The molecule has 0 atom stereocenters. The number of halogens is 1. The van der Waals surface area contributed by atoms with Gasteiger partial charge < -0.3 is 14.6 Å². The highest BCUT2D eigenvalue weighted by Crippen LogP contribution is 2.38. The molecule has 0 aliphatic carbocycles. The van der Waals surface area contributed by atoms with Crippen LogP contribution in [0.4, 0.5) is 0 Å². The third-order valence-corrected chi connectivity index (χ3v) is 3.38. The molecule has 0 saturated heterocycles. The second-order valence-corrected chi connectivity index (χ2v) is 4.28. The first kappa shape index (κ1) is 12.6. The van der Waals surface area contributed by atoms with Gasteiger partial charge in [0.25, 0.3) is 0 Å². The number of carbonyl (C=O) groups is 1. The van der Waals surface area contributed by atoms with E-state index in [1.54, 1.807) is 12.1 Å². The smallest absolute Gasteiger partial charge is 0.338 e. The van der Waals surface area contributed by atoms with Gasteiger partial charge in [-0.2, -0.15) is 0 Å². The summed E-state index contributed by atoms with van der Waals surface area (Å²) in [6.45, 7) is 0. The molecule has 0 unspecified atom stereocenters. The summed E-state index contributed by atoms with van der Waals surface area (Å²) in [5.74, 6) is 0.0397. The SMILES string of the molecule is COc1ccc(OC)c2c(Br)c(C(=O)O)cnc12. The van der Waals surface area contributed by atoms with Gasteiger partial charge in [-0.15, -0.1) is 0 Å². The molecule has 0 radical (unpaired) electrons. The van der Waals surface area contributed by atoms with Crippen LogP contribution in [0.2, 0.25) is 0 Å². The van der Waals surface area contributed by atoms with E-state index in [4.69, 9.17) is 14.6 Å². The third-order valence-electron chi connectivity index (χ3n) is 2.55. The molecule has 2 rings (SSSR count). The van der Waals surface area contributed by atoms with Crippen molar-refractivity contribution >= 4 is 32.8 Å². The van der Waals surface area contributed by atoms with Gasteiger partial charge in [-0.25, -0.2) is 4.79 Å². The van der Waals surface area contributed by atoms with E-state index in [0.29, 0.717) is 26.9 Å². The Morgan fingerprint density at radius 2 is 1.89 bits per heavy atom. The fourth-order valence-corrected chi connectivity index (χ4v) is 2.35. The number of rotatable bonds is 3. The largest absolute Gasteiger partial charge is 0.496 e. The topological polar surface area (TPSA) is 68.7 Å². The van der Waals surface area contributed by atoms with Crippen LogP contribution in [0.1, 0.15) is 10.4 Å². The molecule has 0 saturated carbocycles. The van der Waals surface area contributed by atoms with Crippen LogP contribution in [0, 0.1) is 0 Å². The highest BCUT2D eigenvalue weighted by atomic mass is 79.9. The maximum Gasteiger partial charge on any atom is 0.338 e. The van der Waals surface area contributed by atoms with Crippen LogP contribution in [-0.4, -0.2) is 30.3 Å². The maximum atomic E-state index is 11.1. The van der Waals surface area contributed by atoms with E-state index < -0.39 is 5.97 Å². The Hall–Kier alpha value is -1.82. The van der Waals surface area contributed by atoms with Gasteiger partial charge in [0.2, 0.25) is 0 Å². The molecular weight excluding hydrogens is 302 g/mol. The van der Waals surface area contributed by atoms with Crippen molar-refractivity contribution in [1.29, 1.82) is 0 Å². The number of aromatic carboxylic acids is 1. The fraction of sp³-hybridized carbons (Fsp3) is 0.167. The van der Waals surface area contributed by atoms with E-state index in [1.165, 1.54) is 20.4 Å². The highest BCUT2D eigenvalue weighted by Gasteiger charge is 2.18. The van der Waals surface area contributed by atoms with Crippen molar-refractivity contribution in [1.82, 2.24) is 4.98 Å². The molecule has 5 nitrogen and oxygen atoms in total. The van der Waals surface area contributed by atoms with E-state index in [-0.39, 0.29) is 5.56 Å². The molecule has 1 aromatic heterocycles. The first-order valence-electron chi connectivity index (χ1n) is 5.02. The minimum absolute atomic E-state index is 0.0778. The van der Waals surface area contributed by atoms with Crippen LogP contribution >= 0.6 is 15.9 Å². The molecule has 94 valence electrons. The van der Waals surface area contributed by atoms with Crippen LogP contribution in [0.5, 0.6) is 11.5 Å². The van der Waals surface area contributed by atoms with E-state index in [2.05, 4.69) is 20.9 Å². The second-order valence-electron chi connectivity index (χ2n) is 3.48.